The first-order valence-corrected chi connectivity index (χ1v) is 13.0. The van der Waals surface area contributed by atoms with Crippen LogP contribution < -0.4 is 10.1 Å². The summed E-state index contributed by atoms with van der Waals surface area (Å²) in [5.41, 5.74) is 4.15. The van der Waals surface area contributed by atoms with Crippen LogP contribution in [0.4, 0.5) is 0 Å². The summed E-state index contributed by atoms with van der Waals surface area (Å²) in [5, 5.41) is 13.6. The molecule has 0 radical (unpaired) electrons. The Bertz CT molecular complexity index is 1170. The highest BCUT2D eigenvalue weighted by atomic mass is 35.5. The molecule has 4 atom stereocenters. The van der Waals surface area contributed by atoms with Gasteiger partial charge in [0.2, 0.25) is 5.88 Å². The molecule has 1 aliphatic heterocycles. The second-order valence-electron chi connectivity index (χ2n) is 10.4. The molecule has 0 unspecified atom stereocenters. The van der Waals surface area contributed by atoms with Crippen LogP contribution in [0.5, 0.6) is 5.88 Å². The van der Waals surface area contributed by atoms with Gasteiger partial charge in [-0.15, -0.1) is 0 Å². The Kier molecular flexibility index (Phi) is 6.00. The van der Waals surface area contributed by atoms with Gasteiger partial charge in [-0.3, -0.25) is 5.10 Å². The van der Waals surface area contributed by atoms with E-state index in [1.165, 1.54) is 44.1 Å². The molecule has 3 heterocycles. The predicted molar refractivity (Wildman–Crippen MR) is 134 cm³/mol. The number of ether oxygens (including phenoxy) is 2. The second-order valence-corrected chi connectivity index (χ2v) is 10.8. The highest BCUT2D eigenvalue weighted by Gasteiger charge is 2.47. The average molecular weight is 481 g/mol. The van der Waals surface area contributed by atoms with Crippen molar-refractivity contribution in [2.75, 3.05) is 20.8 Å². The lowest BCUT2D eigenvalue weighted by Crippen LogP contribution is -2.38. The molecule has 1 saturated heterocycles. The Morgan fingerprint density at radius 3 is 2.68 bits per heavy atom. The fourth-order valence-electron chi connectivity index (χ4n) is 6.98. The molecule has 2 aromatic heterocycles. The number of halogens is 1. The maximum Gasteiger partial charge on any atom is 0.213 e. The molecule has 6 rings (SSSR count). The number of rotatable bonds is 5. The van der Waals surface area contributed by atoms with Crippen molar-refractivity contribution in [1.82, 2.24) is 20.5 Å². The van der Waals surface area contributed by atoms with Crippen molar-refractivity contribution in [2.45, 2.75) is 56.6 Å². The highest BCUT2D eigenvalue weighted by molar-refractivity contribution is 6.32. The van der Waals surface area contributed by atoms with Crippen LogP contribution >= 0.6 is 11.6 Å². The van der Waals surface area contributed by atoms with Crippen molar-refractivity contribution in [1.29, 1.82) is 0 Å². The van der Waals surface area contributed by atoms with E-state index in [1.54, 1.807) is 13.3 Å². The number of H-pyrrole nitrogens is 1. The molecule has 6 nitrogen and oxygen atoms in total. The third-order valence-corrected chi connectivity index (χ3v) is 9.05. The van der Waals surface area contributed by atoms with E-state index in [9.17, 15) is 0 Å². The van der Waals surface area contributed by atoms with Crippen molar-refractivity contribution < 1.29 is 9.47 Å². The molecule has 3 fully saturated rings. The van der Waals surface area contributed by atoms with Gasteiger partial charge in [-0.2, -0.15) is 5.10 Å². The van der Waals surface area contributed by atoms with E-state index in [0.29, 0.717) is 23.9 Å². The SMILES string of the molecule is COc1cc(-c2n[nH]c3cc(Cl)c([C@H]4C[C@@H]5CN[C@@H](C6CCC(OC)CC6)[C@H]5C4)cc23)ccn1. The largest absolute Gasteiger partial charge is 0.481 e. The molecule has 3 aromatic rings. The molecule has 0 amide bonds. The maximum atomic E-state index is 6.85. The minimum atomic E-state index is 0.458. The number of methoxy groups -OCH3 is 2. The normalized spacial score (nSPS) is 31.1. The van der Waals surface area contributed by atoms with Gasteiger partial charge in [0.15, 0.2) is 0 Å². The van der Waals surface area contributed by atoms with E-state index in [-0.39, 0.29) is 0 Å². The topological polar surface area (TPSA) is 72.1 Å². The van der Waals surface area contributed by atoms with Gasteiger partial charge in [0.25, 0.3) is 0 Å². The minimum Gasteiger partial charge on any atom is -0.481 e. The summed E-state index contributed by atoms with van der Waals surface area (Å²) in [4.78, 5) is 4.24. The molecule has 34 heavy (non-hydrogen) atoms. The summed E-state index contributed by atoms with van der Waals surface area (Å²) in [6.07, 6.45) is 9.61. The molecule has 180 valence electrons. The summed E-state index contributed by atoms with van der Waals surface area (Å²) in [7, 11) is 3.49. The number of hydrogen-bond donors (Lipinski definition) is 2. The van der Waals surface area contributed by atoms with Gasteiger partial charge in [-0.1, -0.05) is 11.6 Å². The van der Waals surface area contributed by atoms with Gasteiger partial charge in [0.05, 0.1) is 18.7 Å². The maximum absolute atomic E-state index is 6.85. The van der Waals surface area contributed by atoms with Crippen LogP contribution in [-0.2, 0) is 4.74 Å². The van der Waals surface area contributed by atoms with Crippen molar-refractivity contribution in [3.8, 4) is 17.1 Å². The smallest absolute Gasteiger partial charge is 0.213 e. The molecule has 2 aliphatic carbocycles. The first-order chi connectivity index (χ1) is 16.6. The van der Waals surface area contributed by atoms with Crippen molar-refractivity contribution in [2.24, 2.45) is 17.8 Å². The van der Waals surface area contributed by atoms with Crippen LogP contribution in [0.15, 0.2) is 30.5 Å². The first kappa shape index (κ1) is 22.3. The summed E-state index contributed by atoms with van der Waals surface area (Å²) >= 11 is 6.85. The number of hydrogen-bond acceptors (Lipinski definition) is 5. The number of nitrogens with one attached hydrogen (secondary N) is 2. The van der Waals surface area contributed by atoms with Crippen LogP contribution in [0.2, 0.25) is 5.02 Å². The Morgan fingerprint density at radius 1 is 1.03 bits per heavy atom. The van der Waals surface area contributed by atoms with Crippen molar-refractivity contribution >= 4 is 22.5 Å². The number of aromatic amines is 1. The lowest BCUT2D eigenvalue weighted by molar-refractivity contribution is 0.0480. The van der Waals surface area contributed by atoms with E-state index in [2.05, 4.69) is 32.6 Å². The molecular weight excluding hydrogens is 448 g/mol. The lowest BCUT2D eigenvalue weighted by Gasteiger charge is -2.34. The first-order valence-electron chi connectivity index (χ1n) is 12.6. The van der Waals surface area contributed by atoms with Gasteiger partial charge >= 0.3 is 0 Å². The molecule has 2 saturated carbocycles. The summed E-state index contributed by atoms with van der Waals surface area (Å²) in [6, 6.07) is 8.88. The Balaban J connectivity index is 1.26. The Morgan fingerprint density at radius 2 is 1.88 bits per heavy atom. The minimum absolute atomic E-state index is 0.458. The standard InChI is InChI=1S/C27H33ClN4O2/c1-33-19-5-3-15(4-6-19)26-21-10-17(9-18(21)14-30-26)20-12-22-24(13-23(20)28)31-32-27(22)16-7-8-29-25(11-16)34-2/h7-8,11-13,15,17-19,21,26,30H,3-6,9-10,14H2,1-2H3,(H,31,32)/t15?,17-,18+,19?,21-,26-/m0/s1. The number of pyridine rings is 1. The van der Waals surface area contributed by atoms with Crippen LogP contribution in [0.3, 0.4) is 0 Å². The third-order valence-electron chi connectivity index (χ3n) is 8.72. The summed E-state index contributed by atoms with van der Waals surface area (Å²) in [5.74, 6) is 3.36. The summed E-state index contributed by atoms with van der Waals surface area (Å²) in [6.45, 7) is 1.14. The molecular formula is C27H33ClN4O2. The second kappa shape index (κ2) is 9.14. The fourth-order valence-corrected chi connectivity index (χ4v) is 7.30. The predicted octanol–water partition coefficient (Wildman–Crippen LogP) is 5.57. The van der Waals surface area contributed by atoms with E-state index >= 15 is 0 Å². The molecule has 2 N–H and O–H groups in total. The number of fused-ring (bicyclic) bond motifs is 2. The quantitative estimate of drug-likeness (QED) is 0.499. The van der Waals surface area contributed by atoms with Gasteiger partial charge in [-0.05, 0) is 92.5 Å². The molecule has 0 spiro atoms. The summed E-state index contributed by atoms with van der Waals surface area (Å²) < 4.78 is 10.9. The Labute approximate surface area is 205 Å². The van der Waals surface area contributed by atoms with Gasteiger partial charge in [0.1, 0.15) is 5.69 Å². The zero-order chi connectivity index (χ0) is 23.2. The van der Waals surface area contributed by atoms with Crippen molar-refractivity contribution in [3.05, 3.63) is 41.0 Å². The van der Waals surface area contributed by atoms with Crippen molar-refractivity contribution in [3.63, 3.8) is 0 Å². The monoisotopic (exact) mass is 480 g/mol. The number of benzene rings is 1. The lowest BCUT2D eigenvalue weighted by atomic mass is 9.77. The number of aromatic nitrogens is 3. The molecule has 1 aromatic carbocycles. The third kappa shape index (κ3) is 3.90. The van der Waals surface area contributed by atoms with Crippen LogP contribution in [0, 0.1) is 17.8 Å². The van der Waals surface area contributed by atoms with E-state index < -0.39 is 0 Å². The zero-order valence-corrected chi connectivity index (χ0v) is 20.6. The van der Waals surface area contributed by atoms with Gasteiger partial charge in [0, 0.05) is 41.4 Å². The fraction of sp³-hybridized carbons (Fsp3) is 0.556. The number of nitrogens with zero attached hydrogens (tertiary/aromatic N) is 2. The molecule has 7 heteroatoms. The van der Waals surface area contributed by atoms with E-state index in [1.807, 2.05) is 19.2 Å². The van der Waals surface area contributed by atoms with Crippen LogP contribution in [0.1, 0.15) is 50.0 Å². The molecule has 3 aliphatic rings. The van der Waals surface area contributed by atoms with E-state index in [0.717, 1.165) is 51.5 Å². The van der Waals surface area contributed by atoms with Gasteiger partial charge in [-0.25, -0.2) is 4.98 Å². The van der Waals surface area contributed by atoms with Gasteiger partial charge < -0.3 is 14.8 Å². The van der Waals surface area contributed by atoms with E-state index in [4.69, 9.17) is 21.1 Å². The van der Waals surface area contributed by atoms with Crippen LogP contribution in [-0.4, -0.2) is 48.1 Å². The van der Waals surface area contributed by atoms with Crippen LogP contribution in [0.25, 0.3) is 22.2 Å². The average Bonchev–Trinajstić information content (AvgIpc) is 3.57. The highest BCUT2D eigenvalue weighted by Crippen LogP contribution is 2.51. The zero-order valence-electron chi connectivity index (χ0n) is 19.9. The Hall–Kier alpha value is -2.15. The molecule has 0 bridgehead atoms.